The summed E-state index contributed by atoms with van der Waals surface area (Å²) in [5.41, 5.74) is 2.26. The summed E-state index contributed by atoms with van der Waals surface area (Å²) in [7, 11) is 0. The molecule has 0 aliphatic heterocycles. The van der Waals surface area contributed by atoms with Gasteiger partial charge in [0.15, 0.2) is 10.9 Å². The number of fused-ring (bicyclic) bond motifs is 1. The molecule has 7 heteroatoms. The van der Waals surface area contributed by atoms with Gasteiger partial charge in [0.25, 0.3) is 5.91 Å². The van der Waals surface area contributed by atoms with Crippen LogP contribution >= 0.6 is 11.3 Å². The number of benzene rings is 2. The summed E-state index contributed by atoms with van der Waals surface area (Å²) in [6.07, 6.45) is 1.64. The summed E-state index contributed by atoms with van der Waals surface area (Å²) in [6.45, 7) is 6.47. The maximum atomic E-state index is 14.2. The van der Waals surface area contributed by atoms with Gasteiger partial charge >= 0.3 is 0 Å². The van der Waals surface area contributed by atoms with E-state index in [9.17, 15) is 13.6 Å². The first kappa shape index (κ1) is 21.1. The Bertz CT molecular complexity index is 1230. The molecule has 2 aromatic carbocycles. The molecule has 4 aromatic rings. The van der Waals surface area contributed by atoms with E-state index in [1.165, 1.54) is 11.0 Å². The van der Waals surface area contributed by atoms with Gasteiger partial charge in [-0.3, -0.25) is 14.7 Å². The second kappa shape index (κ2) is 8.15. The van der Waals surface area contributed by atoms with Crippen LogP contribution in [-0.4, -0.2) is 15.9 Å². The molecule has 4 rings (SSSR count). The first-order valence-corrected chi connectivity index (χ1v) is 10.6. The third-order valence-corrected chi connectivity index (χ3v) is 5.95. The van der Waals surface area contributed by atoms with Crippen molar-refractivity contribution < 1.29 is 13.6 Å². The summed E-state index contributed by atoms with van der Waals surface area (Å²) in [6, 6.07) is 14.9. The van der Waals surface area contributed by atoms with E-state index in [1.807, 2.05) is 18.2 Å². The number of hydrogen-bond donors (Lipinski definition) is 0. The van der Waals surface area contributed by atoms with Crippen LogP contribution in [0, 0.1) is 11.6 Å². The molecule has 0 bridgehead atoms. The summed E-state index contributed by atoms with van der Waals surface area (Å²) in [5, 5.41) is 0.287. The van der Waals surface area contributed by atoms with Gasteiger partial charge < -0.3 is 0 Å². The molecule has 0 unspecified atom stereocenters. The van der Waals surface area contributed by atoms with Crippen molar-refractivity contribution in [2.24, 2.45) is 0 Å². The molecule has 0 saturated carbocycles. The molecule has 2 heterocycles. The number of carbonyl (C=O) groups is 1. The van der Waals surface area contributed by atoms with Gasteiger partial charge in [0.1, 0.15) is 11.3 Å². The zero-order valence-corrected chi connectivity index (χ0v) is 18.2. The largest absolute Gasteiger partial charge is 0.278 e. The van der Waals surface area contributed by atoms with E-state index in [0.29, 0.717) is 16.0 Å². The minimum absolute atomic E-state index is 0.0378. The molecule has 4 nitrogen and oxygen atoms in total. The number of thiazole rings is 1. The lowest BCUT2D eigenvalue weighted by Gasteiger charge is -2.21. The summed E-state index contributed by atoms with van der Waals surface area (Å²) < 4.78 is 28.2. The van der Waals surface area contributed by atoms with E-state index in [4.69, 9.17) is 0 Å². The van der Waals surface area contributed by atoms with Gasteiger partial charge in [-0.2, -0.15) is 0 Å². The first-order valence-electron chi connectivity index (χ1n) is 9.80. The highest BCUT2D eigenvalue weighted by Gasteiger charge is 2.24. The van der Waals surface area contributed by atoms with Gasteiger partial charge in [-0.25, -0.2) is 13.8 Å². The lowest BCUT2D eigenvalue weighted by Crippen LogP contribution is -2.30. The Morgan fingerprint density at radius 2 is 1.81 bits per heavy atom. The van der Waals surface area contributed by atoms with Crippen LogP contribution in [0.25, 0.3) is 10.2 Å². The predicted octanol–water partition coefficient (Wildman–Crippen LogP) is 6.11. The molecule has 31 heavy (non-hydrogen) atoms. The predicted molar refractivity (Wildman–Crippen MR) is 119 cm³/mol. The van der Waals surface area contributed by atoms with Crippen molar-refractivity contribution in [3.8, 4) is 0 Å². The average Bonchev–Trinajstić information content (AvgIpc) is 3.16. The van der Waals surface area contributed by atoms with Crippen LogP contribution in [0.2, 0.25) is 0 Å². The minimum Gasteiger partial charge on any atom is -0.278 e. The lowest BCUT2D eigenvalue weighted by molar-refractivity contribution is 0.0984. The van der Waals surface area contributed by atoms with Crippen molar-refractivity contribution in [2.45, 2.75) is 32.7 Å². The molecule has 0 spiro atoms. The van der Waals surface area contributed by atoms with Crippen LogP contribution in [0.5, 0.6) is 0 Å². The van der Waals surface area contributed by atoms with Gasteiger partial charge in [0.2, 0.25) is 0 Å². The van der Waals surface area contributed by atoms with E-state index in [1.54, 1.807) is 30.5 Å². The van der Waals surface area contributed by atoms with Crippen LogP contribution in [0.4, 0.5) is 13.9 Å². The normalized spacial score (nSPS) is 11.6. The average molecular weight is 438 g/mol. The Kier molecular flexibility index (Phi) is 5.54. The molecule has 0 saturated heterocycles. The monoisotopic (exact) mass is 437 g/mol. The topological polar surface area (TPSA) is 46.1 Å². The van der Waals surface area contributed by atoms with Crippen LogP contribution in [0.3, 0.4) is 0 Å². The van der Waals surface area contributed by atoms with Gasteiger partial charge in [0, 0.05) is 17.8 Å². The van der Waals surface area contributed by atoms with Crippen LogP contribution < -0.4 is 4.90 Å². The zero-order valence-electron chi connectivity index (χ0n) is 17.4. The standard InChI is InChI=1S/C24H21F2N3OS/c1-24(2,3)16-9-7-15(8-10-16)22(30)29(14-18-6-4-5-11-27-18)23-28-21-19(26)12-17(25)13-20(21)31-23/h4-13H,14H2,1-3H3. The number of amides is 1. The van der Waals surface area contributed by atoms with Gasteiger partial charge in [0.05, 0.1) is 16.9 Å². The van der Waals surface area contributed by atoms with E-state index in [-0.39, 0.29) is 28.5 Å². The number of halogens is 2. The number of carbonyl (C=O) groups excluding carboxylic acids is 1. The van der Waals surface area contributed by atoms with Crippen molar-refractivity contribution in [3.05, 3.63) is 89.2 Å². The minimum atomic E-state index is -0.753. The molecule has 0 N–H and O–H groups in total. The third-order valence-electron chi connectivity index (χ3n) is 4.92. The van der Waals surface area contributed by atoms with Gasteiger partial charge in [-0.15, -0.1) is 0 Å². The van der Waals surface area contributed by atoms with Crippen molar-refractivity contribution in [1.82, 2.24) is 9.97 Å². The molecule has 1 amide bonds. The van der Waals surface area contributed by atoms with Gasteiger partial charge in [-0.1, -0.05) is 50.3 Å². The fraction of sp³-hybridized carbons (Fsp3) is 0.208. The van der Waals surface area contributed by atoms with Crippen LogP contribution in [0.15, 0.2) is 60.8 Å². The highest BCUT2D eigenvalue weighted by Crippen LogP contribution is 2.33. The number of hydrogen-bond acceptors (Lipinski definition) is 4. The molecule has 0 fully saturated rings. The van der Waals surface area contributed by atoms with Gasteiger partial charge in [-0.05, 0) is 41.3 Å². The fourth-order valence-electron chi connectivity index (χ4n) is 3.21. The molecule has 0 radical (unpaired) electrons. The number of nitrogens with zero attached hydrogens (tertiary/aromatic N) is 3. The second-order valence-corrected chi connectivity index (χ2v) is 9.28. The Labute approximate surface area is 183 Å². The summed E-state index contributed by atoms with van der Waals surface area (Å²) >= 11 is 1.07. The lowest BCUT2D eigenvalue weighted by atomic mass is 9.86. The number of aromatic nitrogens is 2. The second-order valence-electron chi connectivity index (χ2n) is 8.27. The van der Waals surface area contributed by atoms with Crippen molar-refractivity contribution >= 4 is 32.6 Å². The van der Waals surface area contributed by atoms with E-state index in [2.05, 4.69) is 30.7 Å². The van der Waals surface area contributed by atoms with E-state index >= 15 is 0 Å². The number of anilines is 1. The highest BCUT2D eigenvalue weighted by molar-refractivity contribution is 7.22. The van der Waals surface area contributed by atoms with Crippen molar-refractivity contribution in [2.75, 3.05) is 4.90 Å². The fourth-order valence-corrected chi connectivity index (χ4v) is 4.21. The molecule has 0 atom stereocenters. The maximum Gasteiger partial charge on any atom is 0.260 e. The Morgan fingerprint density at radius 1 is 1.06 bits per heavy atom. The van der Waals surface area contributed by atoms with Crippen molar-refractivity contribution in [3.63, 3.8) is 0 Å². The van der Waals surface area contributed by atoms with E-state index < -0.39 is 11.6 Å². The van der Waals surface area contributed by atoms with Crippen LogP contribution in [-0.2, 0) is 12.0 Å². The maximum absolute atomic E-state index is 14.2. The Balaban J connectivity index is 1.76. The van der Waals surface area contributed by atoms with Crippen molar-refractivity contribution in [1.29, 1.82) is 0 Å². The van der Waals surface area contributed by atoms with Crippen LogP contribution in [0.1, 0.15) is 42.4 Å². The highest BCUT2D eigenvalue weighted by atomic mass is 32.1. The number of pyridine rings is 1. The Morgan fingerprint density at radius 3 is 2.45 bits per heavy atom. The summed E-state index contributed by atoms with van der Waals surface area (Å²) in [5.74, 6) is -1.72. The molecule has 2 aromatic heterocycles. The number of rotatable bonds is 4. The first-order chi connectivity index (χ1) is 14.7. The molecular weight excluding hydrogens is 416 g/mol. The Hall–Kier alpha value is -3.19. The zero-order chi connectivity index (χ0) is 22.2. The summed E-state index contributed by atoms with van der Waals surface area (Å²) in [4.78, 5) is 23.5. The third kappa shape index (κ3) is 4.46. The quantitative estimate of drug-likeness (QED) is 0.387. The molecular formula is C24H21F2N3OS. The molecule has 0 aliphatic carbocycles. The SMILES string of the molecule is CC(C)(C)c1ccc(C(=O)N(Cc2ccccn2)c2nc3c(F)cc(F)cc3s2)cc1. The van der Waals surface area contributed by atoms with E-state index in [0.717, 1.165) is 23.0 Å². The molecule has 0 aliphatic rings. The smallest absolute Gasteiger partial charge is 0.260 e. The molecule has 158 valence electrons.